The van der Waals surface area contributed by atoms with E-state index in [1.807, 2.05) is 13.1 Å². The van der Waals surface area contributed by atoms with E-state index in [0.717, 1.165) is 11.9 Å². The molecule has 1 aliphatic rings. The molecular weight excluding hydrogens is 288 g/mol. The summed E-state index contributed by atoms with van der Waals surface area (Å²) in [5, 5.41) is 1.23. The number of carbonyl (C=O) groups is 1. The number of para-hydroxylation sites is 1. The Morgan fingerprint density at radius 1 is 1.35 bits per heavy atom. The van der Waals surface area contributed by atoms with Crippen molar-refractivity contribution in [2.45, 2.75) is 45.7 Å². The number of hydrogen-bond acceptors (Lipinski definition) is 3. The number of benzene rings is 1. The van der Waals surface area contributed by atoms with Gasteiger partial charge in [-0.2, -0.15) is 0 Å². The molecule has 0 aliphatic carbocycles. The van der Waals surface area contributed by atoms with Crippen molar-refractivity contribution in [2.75, 3.05) is 14.2 Å². The molecule has 2 heterocycles. The van der Waals surface area contributed by atoms with Crippen molar-refractivity contribution in [2.24, 2.45) is 5.41 Å². The second-order valence-corrected chi connectivity index (χ2v) is 7.75. The predicted octanol–water partition coefficient (Wildman–Crippen LogP) is 3.67. The van der Waals surface area contributed by atoms with Crippen molar-refractivity contribution in [3.8, 4) is 0 Å². The molecule has 2 aromatic rings. The summed E-state index contributed by atoms with van der Waals surface area (Å²) in [7, 11) is 3.51. The minimum atomic E-state index is -0.223. The molecule has 23 heavy (non-hydrogen) atoms. The minimum absolute atomic E-state index is 0.151. The molecule has 0 saturated heterocycles. The molecule has 0 bridgehead atoms. The summed E-state index contributed by atoms with van der Waals surface area (Å²) in [4.78, 5) is 18.1. The number of nitrogens with zero attached hydrogens (tertiary/aromatic N) is 1. The van der Waals surface area contributed by atoms with Gasteiger partial charge in [0.05, 0.1) is 13.2 Å². The summed E-state index contributed by atoms with van der Waals surface area (Å²) < 4.78 is 5.05. The van der Waals surface area contributed by atoms with Crippen LogP contribution in [0.2, 0.25) is 0 Å². The third-order valence-electron chi connectivity index (χ3n) is 4.84. The fraction of sp³-hybridized carbons (Fsp3) is 0.526. The number of likely N-dealkylation sites (N-methyl/N-ethyl adjacent to an activating group) is 1. The van der Waals surface area contributed by atoms with E-state index >= 15 is 0 Å². The molecule has 4 nitrogen and oxygen atoms in total. The highest BCUT2D eigenvalue weighted by atomic mass is 16.5. The SMILES string of the molecule is COC(=O)[C@@H]1Cc2c([nH]c3ccccc23)[C@@H](CC(C)(C)C)N1C. The number of ether oxygens (including phenoxy) is 1. The fourth-order valence-electron chi connectivity index (χ4n) is 3.70. The van der Waals surface area contributed by atoms with Gasteiger partial charge in [0, 0.05) is 23.0 Å². The Morgan fingerprint density at radius 2 is 2.04 bits per heavy atom. The van der Waals surface area contributed by atoms with Gasteiger partial charge in [0.2, 0.25) is 0 Å². The van der Waals surface area contributed by atoms with E-state index in [4.69, 9.17) is 4.74 Å². The van der Waals surface area contributed by atoms with Crippen molar-refractivity contribution in [1.29, 1.82) is 0 Å². The Labute approximate surface area is 137 Å². The van der Waals surface area contributed by atoms with Crippen LogP contribution in [0.25, 0.3) is 10.9 Å². The average molecular weight is 314 g/mol. The van der Waals surface area contributed by atoms with Crippen LogP contribution in [0.3, 0.4) is 0 Å². The molecular formula is C19H26N2O2. The van der Waals surface area contributed by atoms with Crippen LogP contribution in [-0.2, 0) is 16.0 Å². The average Bonchev–Trinajstić information content (AvgIpc) is 2.86. The quantitative estimate of drug-likeness (QED) is 0.860. The van der Waals surface area contributed by atoms with E-state index in [1.54, 1.807) is 0 Å². The molecule has 1 aliphatic heterocycles. The van der Waals surface area contributed by atoms with Gasteiger partial charge in [0.25, 0.3) is 0 Å². The number of hydrogen-bond donors (Lipinski definition) is 1. The van der Waals surface area contributed by atoms with Crippen molar-refractivity contribution in [1.82, 2.24) is 9.88 Å². The number of methoxy groups -OCH3 is 1. The van der Waals surface area contributed by atoms with Gasteiger partial charge in [0.15, 0.2) is 0 Å². The number of aromatic amines is 1. The molecule has 0 unspecified atom stereocenters. The highest BCUT2D eigenvalue weighted by molar-refractivity contribution is 5.87. The van der Waals surface area contributed by atoms with Gasteiger partial charge < -0.3 is 9.72 Å². The van der Waals surface area contributed by atoms with Crippen molar-refractivity contribution in [3.63, 3.8) is 0 Å². The first-order valence-corrected chi connectivity index (χ1v) is 8.21. The zero-order valence-electron chi connectivity index (χ0n) is 14.6. The molecule has 1 aromatic carbocycles. The lowest BCUT2D eigenvalue weighted by molar-refractivity contribution is -0.148. The molecule has 2 atom stereocenters. The Hall–Kier alpha value is -1.81. The standard InChI is InChI=1S/C19H26N2O2/c1-19(2,3)11-16-17-13(10-15(21(16)4)18(22)23-5)12-8-6-7-9-14(12)20-17/h6-9,15-16,20H,10-11H2,1-5H3/t15-,16+/m0/s1. The topological polar surface area (TPSA) is 45.3 Å². The van der Waals surface area contributed by atoms with E-state index in [9.17, 15) is 4.79 Å². The summed E-state index contributed by atoms with van der Waals surface area (Å²) in [6.45, 7) is 6.72. The van der Waals surface area contributed by atoms with E-state index < -0.39 is 0 Å². The van der Waals surface area contributed by atoms with E-state index in [-0.39, 0.29) is 23.5 Å². The lowest BCUT2D eigenvalue weighted by Gasteiger charge is -2.40. The number of fused-ring (bicyclic) bond motifs is 3. The van der Waals surface area contributed by atoms with Crippen molar-refractivity contribution < 1.29 is 9.53 Å². The maximum Gasteiger partial charge on any atom is 0.323 e. The number of carbonyl (C=O) groups excluding carboxylic acids is 1. The van der Waals surface area contributed by atoms with Gasteiger partial charge >= 0.3 is 5.97 Å². The van der Waals surface area contributed by atoms with Crippen LogP contribution in [0.1, 0.15) is 44.5 Å². The fourth-order valence-corrected chi connectivity index (χ4v) is 3.70. The van der Waals surface area contributed by atoms with E-state index in [2.05, 4.69) is 48.9 Å². The highest BCUT2D eigenvalue weighted by Gasteiger charge is 2.39. The Morgan fingerprint density at radius 3 is 2.70 bits per heavy atom. The van der Waals surface area contributed by atoms with Gasteiger partial charge in [0.1, 0.15) is 6.04 Å². The van der Waals surface area contributed by atoms with Crippen LogP contribution in [0.4, 0.5) is 0 Å². The molecule has 1 aromatic heterocycles. The lowest BCUT2D eigenvalue weighted by atomic mass is 9.82. The second kappa shape index (κ2) is 5.68. The number of aromatic nitrogens is 1. The first-order valence-electron chi connectivity index (χ1n) is 8.21. The van der Waals surface area contributed by atoms with Crippen molar-refractivity contribution >= 4 is 16.9 Å². The molecule has 1 N–H and O–H groups in total. The second-order valence-electron chi connectivity index (χ2n) is 7.75. The maximum absolute atomic E-state index is 12.3. The van der Waals surface area contributed by atoms with Gasteiger partial charge in [-0.25, -0.2) is 0 Å². The summed E-state index contributed by atoms with van der Waals surface area (Å²) in [5.41, 5.74) is 3.84. The minimum Gasteiger partial charge on any atom is -0.468 e. The number of H-pyrrole nitrogens is 1. The summed E-state index contributed by atoms with van der Waals surface area (Å²) in [6.07, 6.45) is 1.68. The molecule has 0 fully saturated rings. The number of nitrogens with one attached hydrogen (secondary N) is 1. The van der Waals surface area contributed by atoms with Crippen LogP contribution in [0.15, 0.2) is 24.3 Å². The van der Waals surface area contributed by atoms with Crippen LogP contribution >= 0.6 is 0 Å². The zero-order valence-corrected chi connectivity index (χ0v) is 14.6. The Bertz CT molecular complexity index is 727. The Kier molecular flexibility index (Phi) is 3.96. The molecule has 4 heteroatoms. The van der Waals surface area contributed by atoms with E-state index in [0.29, 0.717) is 6.42 Å². The van der Waals surface area contributed by atoms with Gasteiger partial charge in [-0.1, -0.05) is 39.0 Å². The summed E-state index contributed by atoms with van der Waals surface area (Å²) >= 11 is 0. The van der Waals surface area contributed by atoms with Crippen molar-refractivity contribution in [3.05, 3.63) is 35.5 Å². The monoisotopic (exact) mass is 314 g/mol. The van der Waals surface area contributed by atoms with Crippen LogP contribution in [-0.4, -0.2) is 36.1 Å². The van der Waals surface area contributed by atoms with Crippen LogP contribution < -0.4 is 0 Å². The molecule has 0 saturated carbocycles. The molecule has 124 valence electrons. The van der Waals surface area contributed by atoms with Gasteiger partial charge in [-0.3, -0.25) is 9.69 Å². The molecule has 3 rings (SSSR count). The van der Waals surface area contributed by atoms with E-state index in [1.165, 1.54) is 23.8 Å². The molecule has 0 spiro atoms. The molecule has 0 radical (unpaired) electrons. The largest absolute Gasteiger partial charge is 0.468 e. The van der Waals surface area contributed by atoms with Crippen LogP contribution in [0, 0.1) is 5.41 Å². The zero-order chi connectivity index (χ0) is 16.8. The summed E-state index contributed by atoms with van der Waals surface area (Å²) in [6, 6.07) is 8.31. The lowest BCUT2D eigenvalue weighted by Crippen LogP contribution is -2.47. The smallest absolute Gasteiger partial charge is 0.323 e. The predicted molar refractivity (Wildman–Crippen MR) is 92.4 cm³/mol. The Balaban J connectivity index is 2.13. The first-order chi connectivity index (χ1) is 10.8. The first kappa shape index (κ1) is 16.1. The third kappa shape index (κ3) is 2.88. The number of rotatable bonds is 2. The summed E-state index contributed by atoms with van der Waals surface area (Å²) in [5.74, 6) is -0.151. The third-order valence-corrected chi connectivity index (χ3v) is 4.84. The molecule has 0 amide bonds. The number of esters is 1. The normalized spacial score (nSPS) is 22.1. The van der Waals surface area contributed by atoms with Gasteiger partial charge in [-0.05, 0) is 30.5 Å². The maximum atomic E-state index is 12.3. The highest BCUT2D eigenvalue weighted by Crippen LogP contribution is 2.41. The van der Waals surface area contributed by atoms with Gasteiger partial charge in [-0.15, -0.1) is 0 Å². The van der Waals surface area contributed by atoms with Crippen LogP contribution in [0.5, 0.6) is 0 Å².